The highest BCUT2D eigenvalue weighted by atomic mass is 32.2. The van der Waals surface area contributed by atoms with Gasteiger partial charge in [-0.05, 0) is 37.3 Å². The third kappa shape index (κ3) is 4.78. The maximum Gasteiger partial charge on any atom is 0.232 e. The van der Waals surface area contributed by atoms with E-state index in [4.69, 9.17) is 0 Å². The number of carbonyl (C=O) groups excluding carboxylic acids is 1. The first-order valence-electron chi connectivity index (χ1n) is 9.30. The molecule has 0 spiro atoms. The molecule has 6 nitrogen and oxygen atoms in total. The van der Waals surface area contributed by atoms with Crippen LogP contribution in [0.2, 0.25) is 0 Å². The van der Waals surface area contributed by atoms with E-state index in [9.17, 15) is 4.79 Å². The lowest BCUT2D eigenvalue weighted by molar-refractivity contribution is -0.118. The molecule has 0 bridgehead atoms. The van der Waals surface area contributed by atoms with Gasteiger partial charge in [-0.15, -0.1) is 10.2 Å². The van der Waals surface area contributed by atoms with Crippen LogP contribution in [0, 0.1) is 5.92 Å². The first kappa shape index (κ1) is 18.8. The van der Waals surface area contributed by atoms with E-state index in [0.717, 1.165) is 29.9 Å². The monoisotopic (exact) mass is 373 g/mol. The molecule has 0 saturated carbocycles. The standard InChI is InChI=1S/C19H27N5OS/c1-15(2)13-20-17(25)14-26-19-22-21-18(23-11-7-4-8-12-23)24(19)16-9-5-3-6-10-16/h3,5-6,9-10,15H,4,7-8,11-14H2,1-2H3,(H,20,25). The molecule has 1 fully saturated rings. The summed E-state index contributed by atoms with van der Waals surface area (Å²) in [5.74, 6) is 1.70. The summed E-state index contributed by atoms with van der Waals surface area (Å²) in [4.78, 5) is 14.4. The Balaban J connectivity index is 1.79. The molecule has 1 aromatic carbocycles. The van der Waals surface area contributed by atoms with Crippen LogP contribution in [-0.4, -0.2) is 46.1 Å². The van der Waals surface area contributed by atoms with Gasteiger partial charge in [-0.25, -0.2) is 0 Å². The second-order valence-corrected chi connectivity index (χ2v) is 7.93. The summed E-state index contributed by atoms with van der Waals surface area (Å²) in [5.41, 5.74) is 1.03. The molecule has 1 amide bonds. The third-order valence-corrected chi connectivity index (χ3v) is 5.24. The summed E-state index contributed by atoms with van der Waals surface area (Å²) in [6.45, 7) is 6.88. The molecule has 7 heteroatoms. The largest absolute Gasteiger partial charge is 0.355 e. The maximum atomic E-state index is 12.1. The van der Waals surface area contributed by atoms with Crippen LogP contribution in [0.5, 0.6) is 0 Å². The minimum atomic E-state index is 0.0332. The van der Waals surface area contributed by atoms with Crippen LogP contribution < -0.4 is 10.2 Å². The quantitative estimate of drug-likeness (QED) is 0.756. The second kappa shape index (κ2) is 9.07. The van der Waals surface area contributed by atoms with Crippen LogP contribution in [0.1, 0.15) is 33.1 Å². The van der Waals surface area contributed by atoms with Crippen molar-refractivity contribution >= 4 is 23.6 Å². The SMILES string of the molecule is CC(C)CNC(=O)CSc1nnc(N2CCCCC2)n1-c1ccccc1. The predicted octanol–water partition coefficient (Wildman–Crippen LogP) is 3.12. The van der Waals surface area contributed by atoms with Crippen molar-refractivity contribution in [1.82, 2.24) is 20.1 Å². The summed E-state index contributed by atoms with van der Waals surface area (Å²) in [7, 11) is 0. The van der Waals surface area contributed by atoms with Crippen molar-refractivity contribution in [2.75, 3.05) is 30.3 Å². The lowest BCUT2D eigenvalue weighted by Crippen LogP contribution is -2.31. The number of para-hydroxylation sites is 1. The zero-order valence-corrected chi connectivity index (χ0v) is 16.3. The molecular formula is C19H27N5OS. The molecule has 140 valence electrons. The molecule has 0 atom stereocenters. The number of amides is 1. The fourth-order valence-corrected chi connectivity index (χ4v) is 3.73. The van der Waals surface area contributed by atoms with E-state index in [1.807, 2.05) is 18.2 Å². The molecule has 0 aliphatic carbocycles. The van der Waals surface area contributed by atoms with E-state index in [1.165, 1.54) is 31.0 Å². The lowest BCUT2D eigenvalue weighted by Gasteiger charge is -2.27. The van der Waals surface area contributed by atoms with Crippen LogP contribution in [0.15, 0.2) is 35.5 Å². The summed E-state index contributed by atoms with van der Waals surface area (Å²) >= 11 is 1.44. The molecule has 2 aromatic rings. The van der Waals surface area contributed by atoms with Gasteiger partial charge in [0.25, 0.3) is 0 Å². The predicted molar refractivity (Wildman–Crippen MR) is 106 cm³/mol. The van der Waals surface area contributed by atoms with Crippen LogP contribution in [-0.2, 0) is 4.79 Å². The number of anilines is 1. The molecule has 0 unspecified atom stereocenters. The number of hydrogen-bond donors (Lipinski definition) is 1. The van der Waals surface area contributed by atoms with E-state index in [1.54, 1.807) is 0 Å². The van der Waals surface area contributed by atoms with Gasteiger partial charge in [-0.2, -0.15) is 0 Å². The number of aromatic nitrogens is 3. The minimum Gasteiger partial charge on any atom is -0.355 e. The van der Waals surface area contributed by atoms with Crippen LogP contribution in [0.4, 0.5) is 5.95 Å². The van der Waals surface area contributed by atoms with Gasteiger partial charge >= 0.3 is 0 Å². The highest BCUT2D eigenvalue weighted by Gasteiger charge is 2.21. The van der Waals surface area contributed by atoms with Crippen molar-refractivity contribution in [1.29, 1.82) is 0 Å². The summed E-state index contributed by atoms with van der Waals surface area (Å²) in [6.07, 6.45) is 3.64. The van der Waals surface area contributed by atoms with Crippen molar-refractivity contribution in [2.24, 2.45) is 5.92 Å². The van der Waals surface area contributed by atoms with E-state index in [0.29, 0.717) is 18.2 Å². The van der Waals surface area contributed by atoms with Crippen molar-refractivity contribution in [3.8, 4) is 5.69 Å². The van der Waals surface area contributed by atoms with Gasteiger partial charge in [0.1, 0.15) is 0 Å². The van der Waals surface area contributed by atoms with Gasteiger partial charge in [-0.1, -0.05) is 43.8 Å². The number of carbonyl (C=O) groups is 1. The average molecular weight is 374 g/mol. The van der Waals surface area contributed by atoms with Crippen molar-refractivity contribution in [3.63, 3.8) is 0 Å². The Labute approximate surface area is 159 Å². The Morgan fingerprint density at radius 3 is 2.58 bits per heavy atom. The second-order valence-electron chi connectivity index (χ2n) is 6.99. The normalized spacial score (nSPS) is 14.7. The van der Waals surface area contributed by atoms with E-state index in [2.05, 4.69) is 51.0 Å². The Kier molecular flexibility index (Phi) is 6.55. The van der Waals surface area contributed by atoms with Gasteiger partial charge in [0.2, 0.25) is 11.9 Å². The number of rotatable bonds is 7. The van der Waals surface area contributed by atoms with E-state index in [-0.39, 0.29) is 5.91 Å². The first-order valence-corrected chi connectivity index (χ1v) is 10.3. The number of thioether (sulfide) groups is 1. The zero-order chi connectivity index (χ0) is 18.4. The smallest absolute Gasteiger partial charge is 0.232 e. The molecule has 2 heterocycles. The van der Waals surface area contributed by atoms with Crippen molar-refractivity contribution in [3.05, 3.63) is 30.3 Å². The van der Waals surface area contributed by atoms with Crippen LogP contribution >= 0.6 is 11.8 Å². The fourth-order valence-electron chi connectivity index (χ4n) is 2.96. The van der Waals surface area contributed by atoms with Gasteiger partial charge < -0.3 is 10.2 Å². The van der Waals surface area contributed by atoms with Crippen molar-refractivity contribution in [2.45, 2.75) is 38.3 Å². The first-order chi connectivity index (χ1) is 12.6. The lowest BCUT2D eigenvalue weighted by atomic mass is 10.1. The van der Waals surface area contributed by atoms with Gasteiger partial charge in [0, 0.05) is 19.6 Å². The van der Waals surface area contributed by atoms with E-state index >= 15 is 0 Å². The van der Waals surface area contributed by atoms with Gasteiger partial charge in [0.15, 0.2) is 5.16 Å². The minimum absolute atomic E-state index is 0.0332. The number of hydrogen-bond acceptors (Lipinski definition) is 5. The van der Waals surface area contributed by atoms with Crippen LogP contribution in [0.25, 0.3) is 5.69 Å². The maximum absolute atomic E-state index is 12.1. The topological polar surface area (TPSA) is 63.1 Å². The molecule has 1 aliphatic rings. The number of piperidine rings is 1. The number of nitrogens with zero attached hydrogens (tertiary/aromatic N) is 4. The molecule has 26 heavy (non-hydrogen) atoms. The third-order valence-electron chi connectivity index (χ3n) is 4.31. The Hall–Kier alpha value is -2.02. The van der Waals surface area contributed by atoms with Gasteiger partial charge in [0.05, 0.1) is 11.4 Å². The number of benzene rings is 1. The molecule has 3 rings (SSSR count). The highest BCUT2D eigenvalue weighted by molar-refractivity contribution is 7.99. The number of nitrogens with one attached hydrogen (secondary N) is 1. The summed E-state index contributed by atoms with van der Waals surface area (Å²) in [5, 5.41) is 12.6. The Morgan fingerprint density at radius 1 is 1.15 bits per heavy atom. The molecule has 0 radical (unpaired) electrons. The summed E-state index contributed by atoms with van der Waals surface area (Å²) < 4.78 is 2.08. The highest BCUT2D eigenvalue weighted by Crippen LogP contribution is 2.28. The average Bonchev–Trinajstić information content (AvgIpc) is 3.10. The zero-order valence-electron chi connectivity index (χ0n) is 15.5. The summed E-state index contributed by atoms with van der Waals surface area (Å²) in [6, 6.07) is 10.1. The molecule has 1 aliphatic heterocycles. The van der Waals surface area contributed by atoms with Crippen LogP contribution in [0.3, 0.4) is 0 Å². The molecule has 1 N–H and O–H groups in total. The molecule has 1 saturated heterocycles. The molecular weight excluding hydrogens is 346 g/mol. The fraction of sp³-hybridized carbons (Fsp3) is 0.526. The Bertz CT molecular complexity index is 710. The van der Waals surface area contributed by atoms with Gasteiger partial charge in [-0.3, -0.25) is 9.36 Å². The Morgan fingerprint density at radius 2 is 1.88 bits per heavy atom. The molecule has 1 aromatic heterocycles. The van der Waals surface area contributed by atoms with Crippen molar-refractivity contribution < 1.29 is 4.79 Å². The van der Waals surface area contributed by atoms with E-state index < -0.39 is 0 Å².